The van der Waals surface area contributed by atoms with Crippen molar-refractivity contribution in [1.82, 2.24) is 9.55 Å². The number of benzene rings is 2. The molecule has 1 aromatic heterocycles. The monoisotopic (exact) mass is 421 g/mol. The fourth-order valence-corrected chi connectivity index (χ4v) is 4.58. The van der Waals surface area contributed by atoms with Crippen LogP contribution >= 0.6 is 11.8 Å². The summed E-state index contributed by atoms with van der Waals surface area (Å²) in [6.45, 7) is 2.47. The number of thioether (sulfide) groups is 1. The maximum Gasteiger partial charge on any atom is 0.279 e. The van der Waals surface area contributed by atoms with Crippen molar-refractivity contribution >= 4 is 23.5 Å². The lowest BCUT2D eigenvalue weighted by Crippen LogP contribution is -2.33. The van der Waals surface area contributed by atoms with Crippen LogP contribution in [-0.4, -0.2) is 22.1 Å². The van der Waals surface area contributed by atoms with Gasteiger partial charge in [-0.1, -0.05) is 54.2 Å². The summed E-state index contributed by atoms with van der Waals surface area (Å²) in [5.41, 5.74) is 2.24. The number of amides is 1. The number of hydrogen-bond acceptors (Lipinski definition) is 5. The molecule has 2 aromatic carbocycles. The molecule has 0 saturated heterocycles. The highest BCUT2D eigenvalue weighted by molar-refractivity contribution is 7.98. The van der Waals surface area contributed by atoms with Crippen molar-refractivity contribution in [3.63, 3.8) is 0 Å². The topological polar surface area (TPSA) is 73.2 Å². The summed E-state index contributed by atoms with van der Waals surface area (Å²) in [4.78, 5) is 29.9. The number of ether oxygens (including phenoxy) is 1. The molecule has 154 valence electrons. The van der Waals surface area contributed by atoms with Crippen LogP contribution in [0.25, 0.3) is 0 Å². The Hall–Kier alpha value is -3.06. The van der Waals surface area contributed by atoms with E-state index in [0.29, 0.717) is 28.9 Å². The number of carbonyl (C=O) groups excluding carboxylic acids is 1. The summed E-state index contributed by atoms with van der Waals surface area (Å²) >= 11 is 1.47. The summed E-state index contributed by atoms with van der Waals surface area (Å²) in [6.07, 6.45) is 0.204. The zero-order valence-electron chi connectivity index (χ0n) is 16.9. The fraction of sp³-hybridized carbons (Fsp3) is 0.261. The molecule has 1 unspecified atom stereocenters. The molecule has 1 aliphatic rings. The number of aromatic nitrogens is 2. The Bertz CT molecular complexity index is 1130. The van der Waals surface area contributed by atoms with Crippen molar-refractivity contribution in [2.45, 2.75) is 30.2 Å². The Balaban J connectivity index is 1.71. The Morgan fingerprint density at radius 2 is 1.97 bits per heavy atom. The van der Waals surface area contributed by atoms with Gasteiger partial charge in [0.25, 0.3) is 5.56 Å². The minimum atomic E-state index is -0.353. The van der Waals surface area contributed by atoms with Crippen molar-refractivity contribution < 1.29 is 9.53 Å². The van der Waals surface area contributed by atoms with Crippen LogP contribution in [0.5, 0.6) is 5.75 Å². The molecule has 1 amide bonds. The molecule has 0 saturated carbocycles. The molecule has 0 aliphatic carbocycles. The quantitative estimate of drug-likeness (QED) is 0.482. The SMILES string of the molecule is CCOc1cccc(C2CC(=O)Nc3c2c(=O)nc(SCc2ccccc2)n3C)c1. The molecule has 3 aromatic rings. The first-order valence-electron chi connectivity index (χ1n) is 9.87. The Morgan fingerprint density at radius 1 is 1.17 bits per heavy atom. The summed E-state index contributed by atoms with van der Waals surface area (Å²) in [5, 5.41) is 3.46. The first-order chi connectivity index (χ1) is 14.6. The molecule has 1 N–H and O–H groups in total. The van der Waals surface area contributed by atoms with Crippen LogP contribution in [0.4, 0.5) is 5.82 Å². The van der Waals surface area contributed by atoms with Gasteiger partial charge in [-0.05, 0) is 30.2 Å². The van der Waals surface area contributed by atoms with Gasteiger partial charge in [-0.3, -0.25) is 9.59 Å². The Kier molecular flexibility index (Phi) is 5.90. The molecule has 2 heterocycles. The summed E-state index contributed by atoms with van der Waals surface area (Å²) in [5.74, 6) is 1.47. The maximum atomic E-state index is 13.0. The molecular weight excluding hydrogens is 398 g/mol. The van der Waals surface area contributed by atoms with Crippen LogP contribution in [-0.2, 0) is 17.6 Å². The van der Waals surface area contributed by atoms with Crippen molar-refractivity contribution in [3.05, 3.63) is 81.6 Å². The molecule has 0 spiro atoms. The average molecular weight is 422 g/mol. The van der Waals surface area contributed by atoms with Gasteiger partial charge in [0.15, 0.2) is 5.16 Å². The van der Waals surface area contributed by atoms with Crippen molar-refractivity contribution in [1.29, 1.82) is 0 Å². The van der Waals surface area contributed by atoms with Gasteiger partial charge < -0.3 is 14.6 Å². The second-order valence-corrected chi connectivity index (χ2v) is 8.05. The van der Waals surface area contributed by atoms with Crippen molar-refractivity contribution in [2.75, 3.05) is 11.9 Å². The number of rotatable bonds is 6. The van der Waals surface area contributed by atoms with Gasteiger partial charge in [0.2, 0.25) is 5.91 Å². The van der Waals surface area contributed by atoms with Crippen LogP contribution in [0.15, 0.2) is 64.5 Å². The maximum absolute atomic E-state index is 13.0. The second kappa shape index (κ2) is 8.75. The highest BCUT2D eigenvalue weighted by atomic mass is 32.2. The third kappa shape index (κ3) is 4.11. The van der Waals surface area contributed by atoms with Gasteiger partial charge in [-0.25, -0.2) is 0 Å². The smallest absolute Gasteiger partial charge is 0.279 e. The molecule has 0 fully saturated rings. The van der Waals surface area contributed by atoms with Crippen LogP contribution in [0.1, 0.15) is 36.0 Å². The number of anilines is 1. The standard InChI is InChI=1S/C23H23N3O3S/c1-3-29-17-11-7-10-16(12-17)18-13-19(27)24-21-20(18)22(28)25-23(26(21)2)30-14-15-8-5-4-6-9-15/h4-12,18H,3,13-14H2,1-2H3,(H,24,27). The average Bonchev–Trinajstić information content (AvgIpc) is 2.76. The normalized spacial score (nSPS) is 15.4. The molecule has 4 rings (SSSR count). The van der Waals surface area contributed by atoms with E-state index in [2.05, 4.69) is 10.3 Å². The zero-order valence-corrected chi connectivity index (χ0v) is 17.7. The van der Waals surface area contributed by atoms with E-state index in [1.54, 1.807) is 4.57 Å². The van der Waals surface area contributed by atoms with E-state index in [-0.39, 0.29) is 23.8 Å². The predicted molar refractivity (Wildman–Crippen MR) is 118 cm³/mol. The van der Waals surface area contributed by atoms with Crippen molar-refractivity contribution in [3.8, 4) is 5.75 Å². The summed E-state index contributed by atoms with van der Waals surface area (Å²) in [6, 6.07) is 17.6. The predicted octanol–water partition coefficient (Wildman–Crippen LogP) is 3.95. The first-order valence-corrected chi connectivity index (χ1v) is 10.9. The van der Waals surface area contributed by atoms with E-state index in [9.17, 15) is 9.59 Å². The van der Waals surface area contributed by atoms with Gasteiger partial charge in [-0.15, -0.1) is 0 Å². The molecule has 7 heteroatoms. The van der Waals surface area contributed by atoms with Gasteiger partial charge in [0.05, 0.1) is 12.2 Å². The number of carbonyl (C=O) groups is 1. The van der Waals surface area contributed by atoms with E-state index < -0.39 is 0 Å². The number of fused-ring (bicyclic) bond motifs is 1. The van der Waals surface area contributed by atoms with Crippen LogP contribution in [0, 0.1) is 0 Å². The van der Waals surface area contributed by atoms with Crippen LogP contribution in [0.2, 0.25) is 0 Å². The molecule has 0 radical (unpaired) electrons. The molecular formula is C23H23N3O3S. The second-order valence-electron chi connectivity index (χ2n) is 7.11. The number of hydrogen-bond donors (Lipinski definition) is 1. The first kappa shape index (κ1) is 20.2. The molecule has 30 heavy (non-hydrogen) atoms. The largest absolute Gasteiger partial charge is 0.494 e. The van der Waals surface area contributed by atoms with E-state index in [1.165, 1.54) is 11.8 Å². The fourth-order valence-electron chi connectivity index (χ4n) is 3.66. The molecule has 1 aliphatic heterocycles. The van der Waals surface area contributed by atoms with E-state index >= 15 is 0 Å². The lowest BCUT2D eigenvalue weighted by atomic mass is 9.86. The van der Waals surface area contributed by atoms with Crippen LogP contribution < -0.4 is 15.6 Å². The molecule has 0 bridgehead atoms. The Labute approximate surface area is 179 Å². The van der Waals surface area contributed by atoms with E-state index in [1.807, 2.05) is 68.6 Å². The zero-order chi connectivity index (χ0) is 21.1. The van der Waals surface area contributed by atoms with Gasteiger partial charge in [0.1, 0.15) is 11.6 Å². The van der Waals surface area contributed by atoms with Crippen molar-refractivity contribution in [2.24, 2.45) is 7.05 Å². The minimum absolute atomic E-state index is 0.116. The van der Waals surface area contributed by atoms with Gasteiger partial charge in [-0.2, -0.15) is 4.98 Å². The third-order valence-corrected chi connectivity index (χ3v) is 6.18. The van der Waals surface area contributed by atoms with E-state index in [0.717, 1.165) is 16.9 Å². The summed E-state index contributed by atoms with van der Waals surface area (Å²) < 4.78 is 7.40. The highest BCUT2D eigenvalue weighted by Gasteiger charge is 2.32. The third-order valence-electron chi connectivity index (χ3n) is 5.08. The lowest BCUT2D eigenvalue weighted by molar-refractivity contribution is -0.116. The number of nitrogens with zero attached hydrogens (tertiary/aromatic N) is 2. The minimum Gasteiger partial charge on any atom is -0.494 e. The van der Waals surface area contributed by atoms with Gasteiger partial charge >= 0.3 is 0 Å². The van der Waals surface area contributed by atoms with Crippen LogP contribution in [0.3, 0.4) is 0 Å². The lowest BCUT2D eigenvalue weighted by Gasteiger charge is -2.27. The molecule has 6 nitrogen and oxygen atoms in total. The Morgan fingerprint density at radius 3 is 2.73 bits per heavy atom. The number of nitrogens with one attached hydrogen (secondary N) is 1. The van der Waals surface area contributed by atoms with Gasteiger partial charge in [0, 0.05) is 25.1 Å². The van der Waals surface area contributed by atoms with E-state index in [4.69, 9.17) is 4.74 Å². The summed E-state index contributed by atoms with van der Waals surface area (Å²) in [7, 11) is 1.83. The molecule has 1 atom stereocenters. The highest BCUT2D eigenvalue weighted by Crippen LogP contribution is 2.37.